The topological polar surface area (TPSA) is 92.5 Å². The molecule has 0 fully saturated rings. The highest BCUT2D eigenvalue weighted by Gasteiger charge is 2.12. The largest absolute Gasteiger partial charge is 0.348 e. The fraction of sp³-hybridized carbons (Fsp3) is 0.205. The molecule has 6 nitrogen and oxygen atoms in total. The summed E-state index contributed by atoms with van der Waals surface area (Å²) in [6.45, 7) is 2.70. The highest BCUT2D eigenvalue weighted by Crippen LogP contribution is 2.20. The van der Waals surface area contributed by atoms with Crippen LogP contribution in [0, 0.1) is 0 Å². The van der Waals surface area contributed by atoms with E-state index in [2.05, 4.69) is 76.9 Å². The maximum atomic E-state index is 13.0. The van der Waals surface area contributed by atoms with Crippen molar-refractivity contribution in [1.82, 2.24) is 10.2 Å². The van der Waals surface area contributed by atoms with Crippen LogP contribution in [0.2, 0.25) is 0 Å². The number of benzene rings is 5. The molecule has 0 saturated carbocycles. The quantitative estimate of drug-likeness (QED) is 0.109. The van der Waals surface area contributed by atoms with E-state index < -0.39 is 10.0 Å². The zero-order valence-corrected chi connectivity index (χ0v) is 28.1. The number of nitrogens with two attached hydrogens (primary N) is 1. The van der Waals surface area contributed by atoms with E-state index in [1.807, 2.05) is 66.4 Å². The molecule has 0 aliphatic carbocycles. The zero-order valence-electron chi connectivity index (χ0n) is 26.4. The first kappa shape index (κ1) is 34.1. The lowest BCUT2D eigenvalue weighted by Crippen LogP contribution is -2.25. The molecule has 0 unspecified atom stereocenters. The van der Waals surface area contributed by atoms with Gasteiger partial charge in [0.25, 0.3) is 5.91 Å². The first-order valence-electron chi connectivity index (χ1n) is 15.8. The van der Waals surface area contributed by atoms with E-state index in [0.29, 0.717) is 18.7 Å². The Morgan fingerprint density at radius 1 is 0.660 bits per heavy atom. The molecule has 0 radical (unpaired) electrons. The number of thioether (sulfide) groups is 1. The van der Waals surface area contributed by atoms with Gasteiger partial charge in [0.05, 0.1) is 4.90 Å². The Morgan fingerprint density at radius 2 is 1.23 bits per heavy atom. The molecule has 1 amide bonds. The lowest BCUT2D eigenvalue weighted by atomic mass is 10.0. The Kier molecular flexibility index (Phi) is 12.4. The van der Waals surface area contributed by atoms with Gasteiger partial charge in [-0.3, -0.25) is 9.69 Å². The van der Waals surface area contributed by atoms with Crippen molar-refractivity contribution in [1.29, 1.82) is 0 Å². The summed E-state index contributed by atoms with van der Waals surface area (Å²) in [7, 11) is -3.73. The first-order valence-corrected chi connectivity index (χ1v) is 18.4. The summed E-state index contributed by atoms with van der Waals surface area (Å²) in [5.74, 6) is 0.840. The molecule has 5 aromatic carbocycles. The van der Waals surface area contributed by atoms with Crippen LogP contribution in [0.15, 0.2) is 143 Å². The minimum absolute atomic E-state index is 0.0745. The Labute approximate surface area is 283 Å². The number of hydrogen-bond acceptors (Lipinski definition) is 5. The van der Waals surface area contributed by atoms with Gasteiger partial charge in [0.15, 0.2) is 0 Å². The number of aryl methyl sites for hydroxylation is 2. The van der Waals surface area contributed by atoms with Gasteiger partial charge in [0, 0.05) is 42.4 Å². The number of nitrogens with one attached hydrogen (secondary N) is 1. The molecule has 0 spiro atoms. The Morgan fingerprint density at radius 3 is 1.89 bits per heavy atom. The zero-order chi connectivity index (χ0) is 32.9. The normalized spacial score (nSPS) is 11.4. The van der Waals surface area contributed by atoms with Crippen molar-refractivity contribution in [2.24, 2.45) is 5.14 Å². The third-order valence-corrected chi connectivity index (χ3v) is 9.84. The molecular weight excluding hydrogens is 623 g/mol. The summed E-state index contributed by atoms with van der Waals surface area (Å²) < 4.78 is 23.4. The van der Waals surface area contributed by atoms with Crippen LogP contribution < -0.4 is 10.5 Å². The van der Waals surface area contributed by atoms with Gasteiger partial charge in [0.1, 0.15) is 0 Å². The van der Waals surface area contributed by atoms with E-state index in [0.717, 1.165) is 54.8 Å². The molecule has 5 rings (SSSR count). The van der Waals surface area contributed by atoms with E-state index in [-0.39, 0.29) is 10.8 Å². The molecular formula is C39H41N3O3S2. The van der Waals surface area contributed by atoms with Crippen LogP contribution >= 0.6 is 11.8 Å². The molecule has 0 aromatic heterocycles. The third-order valence-electron chi connectivity index (χ3n) is 7.92. The van der Waals surface area contributed by atoms with Crippen LogP contribution in [0.4, 0.5) is 0 Å². The Hall–Kier alpha value is -4.21. The van der Waals surface area contributed by atoms with Crippen LogP contribution in [-0.4, -0.2) is 31.5 Å². The lowest BCUT2D eigenvalue weighted by molar-refractivity contribution is 0.0950. The molecule has 3 N–H and O–H groups in total. The molecule has 0 heterocycles. The summed E-state index contributed by atoms with van der Waals surface area (Å²) in [6, 6.07) is 43.8. The second kappa shape index (κ2) is 17.1. The van der Waals surface area contributed by atoms with Gasteiger partial charge >= 0.3 is 0 Å². The van der Waals surface area contributed by atoms with Crippen LogP contribution in [0.5, 0.6) is 0 Å². The number of carbonyl (C=O) groups is 1. The van der Waals surface area contributed by atoms with Gasteiger partial charge in [0.2, 0.25) is 10.0 Å². The van der Waals surface area contributed by atoms with Gasteiger partial charge in [-0.15, -0.1) is 11.8 Å². The van der Waals surface area contributed by atoms with Gasteiger partial charge in [-0.2, -0.15) is 0 Å². The number of carbonyl (C=O) groups excluding carboxylic acids is 1. The van der Waals surface area contributed by atoms with Crippen LogP contribution in [0.25, 0.3) is 0 Å². The summed E-state index contributed by atoms with van der Waals surface area (Å²) in [5.41, 5.74) is 6.39. The van der Waals surface area contributed by atoms with E-state index in [4.69, 9.17) is 5.14 Å². The minimum Gasteiger partial charge on any atom is -0.348 e. The van der Waals surface area contributed by atoms with Gasteiger partial charge in [-0.1, -0.05) is 97.1 Å². The fourth-order valence-electron chi connectivity index (χ4n) is 5.38. The molecule has 0 saturated heterocycles. The van der Waals surface area contributed by atoms with E-state index >= 15 is 0 Å². The van der Waals surface area contributed by atoms with Crippen molar-refractivity contribution in [2.45, 2.75) is 48.7 Å². The lowest BCUT2D eigenvalue weighted by Gasteiger charge is -2.23. The highest BCUT2D eigenvalue weighted by atomic mass is 32.2. The van der Waals surface area contributed by atoms with Crippen molar-refractivity contribution in [3.05, 3.63) is 167 Å². The average Bonchev–Trinajstić information content (AvgIpc) is 3.09. The Bertz CT molecular complexity index is 1810. The number of nitrogens with zero attached hydrogens (tertiary/aromatic N) is 1. The number of amides is 1. The number of primary sulfonamides is 1. The smallest absolute Gasteiger partial charge is 0.251 e. The predicted molar refractivity (Wildman–Crippen MR) is 192 cm³/mol. The monoisotopic (exact) mass is 663 g/mol. The molecule has 5 aromatic rings. The predicted octanol–water partition coefficient (Wildman–Crippen LogP) is 7.23. The maximum absolute atomic E-state index is 13.0. The summed E-state index contributed by atoms with van der Waals surface area (Å²) in [5, 5.41) is 8.36. The number of hydrogen-bond donors (Lipinski definition) is 2. The molecule has 0 aliphatic rings. The average molecular weight is 664 g/mol. The first-order chi connectivity index (χ1) is 22.8. The minimum atomic E-state index is -3.73. The van der Waals surface area contributed by atoms with Crippen LogP contribution in [0.3, 0.4) is 0 Å². The second-order valence-corrected chi connectivity index (χ2v) is 14.3. The SMILES string of the molecule is NS(=O)(=O)c1ccc(CN(CCSc2ccccc2)Cc2ccc(CNC(=O)c3cccc(CCCc4ccccc4)c3)cc2)cc1. The van der Waals surface area contributed by atoms with Gasteiger partial charge < -0.3 is 5.32 Å². The number of sulfonamides is 1. The molecule has 47 heavy (non-hydrogen) atoms. The maximum Gasteiger partial charge on any atom is 0.251 e. The third kappa shape index (κ3) is 11.2. The standard InChI is InChI=1S/C39H41N3O3S2/c40-47(44,45)38-23-21-35(22-24-38)30-42(25-26-46-37-15-5-2-6-16-37)29-34-19-17-33(18-20-34)28-41-39(43)36-14-8-13-32(27-36)12-7-11-31-9-3-1-4-10-31/h1-6,8-10,13-24,27H,7,11-12,25-26,28-30H2,(H,41,43)(H2,40,44,45). The molecule has 0 aliphatic heterocycles. The van der Waals surface area contributed by atoms with Crippen molar-refractivity contribution in [3.63, 3.8) is 0 Å². The summed E-state index contributed by atoms with van der Waals surface area (Å²) in [4.78, 5) is 16.7. The molecule has 0 bridgehead atoms. The molecule has 8 heteroatoms. The van der Waals surface area contributed by atoms with Crippen molar-refractivity contribution in [2.75, 3.05) is 12.3 Å². The van der Waals surface area contributed by atoms with Crippen molar-refractivity contribution in [3.8, 4) is 0 Å². The summed E-state index contributed by atoms with van der Waals surface area (Å²) >= 11 is 1.81. The summed E-state index contributed by atoms with van der Waals surface area (Å²) in [6.07, 6.45) is 2.99. The van der Waals surface area contributed by atoms with Gasteiger partial charge in [-0.25, -0.2) is 13.6 Å². The number of rotatable bonds is 16. The van der Waals surface area contributed by atoms with Crippen molar-refractivity contribution >= 4 is 27.7 Å². The van der Waals surface area contributed by atoms with E-state index in [9.17, 15) is 13.2 Å². The molecule has 0 atom stereocenters. The fourth-order valence-corrected chi connectivity index (χ4v) is 6.83. The second-order valence-electron chi connectivity index (χ2n) is 11.6. The van der Waals surface area contributed by atoms with E-state index in [1.54, 1.807) is 12.1 Å². The van der Waals surface area contributed by atoms with Crippen LogP contribution in [0.1, 0.15) is 44.6 Å². The van der Waals surface area contributed by atoms with Gasteiger partial charge in [-0.05, 0) is 83.5 Å². The highest BCUT2D eigenvalue weighted by molar-refractivity contribution is 7.99. The molecule has 242 valence electrons. The van der Waals surface area contributed by atoms with Crippen LogP contribution in [-0.2, 0) is 42.5 Å². The Balaban J connectivity index is 1.15. The van der Waals surface area contributed by atoms with Crippen molar-refractivity contribution < 1.29 is 13.2 Å². The van der Waals surface area contributed by atoms with E-state index in [1.165, 1.54) is 16.0 Å².